The zero-order chi connectivity index (χ0) is 27.0. The van der Waals surface area contributed by atoms with Gasteiger partial charge in [-0.05, 0) is 69.5 Å². The number of ether oxygens (including phenoxy) is 1. The summed E-state index contributed by atoms with van der Waals surface area (Å²) in [5.74, 6) is 1.48. The minimum Gasteiger partial charge on any atom is -0.444 e. The molecule has 0 radical (unpaired) electrons. The number of imidazole rings is 1. The van der Waals surface area contributed by atoms with Gasteiger partial charge in [-0.25, -0.2) is 19.7 Å². The van der Waals surface area contributed by atoms with Crippen molar-refractivity contribution in [3.8, 4) is 11.3 Å². The fourth-order valence-corrected chi connectivity index (χ4v) is 5.01. The third kappa shape index (κ3) is 6.25. The van der Waals surface area contributed by atoms with Crippen LogP contribution in [0.15, 0.2) is 48.9 Å². The molecule has 1 N–H and O–H groups in total. The molecule has 4 heterocycles. The average molecular weight is 526 g/mol. The minimum absolute atomic E-state index is 0.230. The second kappa shape index (κ2) is 10.4. The first-order chi connectivity index (χ1) is 18.8. The molecule has 1 amide bonds. The van der Waals surface area contributed by atoms with Crippen LogP contribution in [-0.2, 0) is 17.7 Å². The van der Waals surface area contributed by atoms with Gasteiger partial charge in [0.2, 0.25) is 0 Å². The van der Waals surface area contributed by atoms with Gasteiger partial charge in [-0.2, -0.15) is 0 Å². The molecule has 9 nitrogen and oxygen atoms in total. The number of fused-ring (bicyclic) bond motifs is 1. The van der Waals surface area contributed by atoms with E-state index in [0.717, 1.165) is 59.1 Å². The Morgan fingerprint density at radius 2 is 1.85 bits per heavy atom. The van der Waals surface area contributed by atoms with Gasteiger partial charge in [-0.15, -0.1) is 0 Å². The lowest BCUT2D eigenvalue weighted by Gasteiger charge is -2.35. The summed E-state index contributed by atoms with van der Waals surface area (Å²) < 4.78 is 5.51. The van der Waals surface area contributed by atoms with E-state index >= 15 is 0 Å². The van der Waals surface area contributed by atoms with Crippen molar-refractivity contribution in [2.45, 2.75) is 58.1 Å². The maximum Gasteiger partial charge on any atom is 0.410 e. The van der Waals surface area contributed by atoms with E-state index in [0.29, 0.717) is 25.4 Å². The quantitative estimate of drug-likeness (QED) is 0.381. The Bertz CT molecular complexity index is 1480. The standard InChI is InChI=1S/C30H35N7O2/c1-30(2,3)39-29(38)37-12-10-36(11-13-37)18-20-8-9-31-23(14-20)16-28-34-24-7-6-22(15-27(24)35-28)26-17-25(21-4-5-21)32-19-33-26/h6-9,14-15,17,19,21H,4-5,10-13,16,18H2,1-3H3,(H,34,35). The van der Waals surface area contributed by atoms with Gasteiger partial charge in [0.15, 0.2) is 0 Å². The first-order valence-corrected chi connectivity index (χ1v) is 13.7. The molecule has 0 atom stereocenters. The fraction of sp³-hybridized carbons (Fsp3) is 0.433. The number of carbonyl (C=O) groups excluding carboxylic acids is 1. The van der Waals surface area contributed by atoms with Crippen molar-refractivity contribution in [3.05, 3.63) is 71.7 Å². The third-order valence-corrected chi connectivity index (χ3v) is 7.17. The van der Waals surface area contributed by atoms with Crippen molar-refractivity contribution < 1.29 is 9.53 Å². The van der Waals surface area contributed by atoms with E-state index in [1.807, 2.05) is 33.0 Å². The number of carbonyl (C=O) groups is 1. The zero-order valence-corrected chi connectivity index (χ0v) is 22.9. The monoisotopic (exact) mass is 525 g/mol. The molecule has 3 aromatic heterocycles. The highest BCUT2D eigenvalue weighted by atomic mass is 16.6. The van der Waals surface area contributed by atoms with Crippen LogP contribution in [0.5, 0.6) is 0 Å². The van der Waals surface area contributed by atoms with Gasteiger partial charge >= 0.3 is 6.09 Å². The van der Waals surface area contributed by atoms with Gasteiger partial charge in [0.05, 0.1) is 16.7 Å². The van der Waals surface area contributed by atoms with Crippen LogP contribution in [0.2, 0.25) is 0 Å². The number of hydrogen-bond donors (Lipinski definition) is 1. The molecule has 0 unspecified atom stereocenters. The predicted molar refractivity (Wildman–Crippen MR) is 149 cm³/mol. The van der Waals surface area contributed by atoms with E-state index in [2.05, 4.69) is 55.2 Å². The number of benzene rings is 1. The molecule has 0 bridgehead atoms. The van der Waals surface area contributed by atoms with Crippen molar-refractivity contribution in [1.82, 2.24) is 34.7 Å². The molecular formula is C30H35N7O2. The Morgan fingerprint density at radius 3 is 2.62 bits per heavy atom. The maximum atomic E-state index is 12.4. The van der Waals surface area contributed by atoms with Gasteiger partial charge in [0.25, 0.3) is 0 Å². The van der Waals surface area contributed by atoms with Crippen LogP contribution in [0.3, 0.4) is 0 Å². The zero-order valence-electron chi connectivity index (χ0n) is 22.9. The number of H-pyrrole nitrogens is 1. The maximum absolute atomic E-state index is 12.4. The second-order valence-corrected chi connectivity index (χ2v) is 11.6. The first kappa shape index (κ1) is 25.4. The predicted octanol–water partition coefficient (Wildman–Crippen LogP) is 4.94. The molecule has 1 aliphatic carbocycles. The summed E-state index contributed by atoms with van der Waals surface area (Å²) in [5, 5.41) is 0. The van der Waals surface area contributed by atoms with Crippen LogP contribution in [0.4, 0.5) is 4.79 Å². The second-order valence-electron chi connectivity index (χ2n) is 11.6. The first-order valence-electron chi connectivity index (χ1n) is 13.7. The normalized spacial score (nSPS) is 16.5. The van der Waals surface area contributed by atoms with Crippen LogP contribution in [0, 0.1) is 0 Å². The Labute approximate surface area is 228 Å². The van der Waals surface area contributed by atoms with Crippen LogP contribution in [0.25, 0.3) is 22.3 Å². The number of nitrogens with zero attached hydrogens (tertiary/aromatic N) is 6. The Kier molecular flexibility index (Phi) is 6.76. The summed E-state index contributed by atoms with van der Waals surface area (Å²) in [5.41, 5.74) is 6.79. The molecule has 4 aromatic rings. The summed E-state index contributed by atoms with van der Waals surface area (Å²) >= 11 is 0. The lowest BCUT2D eigenvalue weighted by Crippen LogP contribution is -2.49. The molecule has 1 aromatic carbocycles. The molecule has 39 heavy (non-hydrogen) atoms. The van der Waals surface area contributed by atoms with Crippen molar-refractivity contribution in [2.75, 3.05) is 26.2 Å². The topological polar surface area (TPSA) is 100 Å². The molecule has 1 saturated heterocycles. The highest BCUT2D eigenvalue weighted by molar-refractivity contribution is 5.81. The molecule has 2 aliphatic rings. The van der Waals surface area contributed by atoms with E-state index in [4.69, 9.17) is 9.72 Å². The lowest BCUT2D eigenvalue weighted by atomic mass is 10.1. The van der Waals surface area contributed by atoms with Gasteiger partial charge in [0.1, 0.15) is 17.8 Å². The highest BCUT2D eigenvalue weighted by Crippen LogP contribution is 2.39. The van der Waals surface area contributed by atoms with Crippen molar-refractivity contribution in [2.24, 2.45) is 0 Å². The SMILES string of the molecule is CC(C)(C)OC(=O)N1CCN(Cc2ccnc(Cc3nc4ccc(-c5cc(C6CC6)ncn5)cc4[nH]3)c2)CC1. The molecule has 1 saturated carbocycles. The Balaban J connectivity index is 1.09. The molecule has 6 rings (SSSR count). The minimum atomic E-state index is -0.472. The van der Waals surface area contributed by atoms with Crippen LogP contribution in [0.1, 0.15) is 62.3 Å². The van der Waals surface area contributed by atoms with Gasteiger partial charge in [-0.1, -0.05) is 6.07 Å². The van der Waals surface area contributed by atoms with E-state index in [9.17, 15) is 4.79 Å². The number of amides is 1. The number of aromatic nitrogens is 5. The lowest BCUT2D eigenvalue weighted by molar-refractivity contribution is 0.0139. The number of rotatable bonds is 6. The number of nitrogens with one attached hydrogen (secondary N) is 1. The molecule has 1 aliphatic heterocycles. The third-order valence-electron chi connectivity index (χ3n) is 7.17. The number of pyridine rings is 1. The number of hydrogen-bond acceptors (Lipinski definition) is 7. The van der Waals surface area contributed by atoms with E-state index < -0.39 is 5.60 Å². The number of piperazine rings is 1. The van der Waals surface area contributed by atoms with Crippen LogP contribution in [-0.4, -0.2) is 72.6 Å². The Hall–Kier alpha value is -3.85. The fourth-order valence-electron chi connectivity index (χ4n) is 5.01. The summed E-state index contributed by atoms with van der Waals surface area (Å²) in [7, 11) is 0. The molecule has 202 valence electrons. The Morgan fingerprint density at radius 1 is 1.03 bits per heavy atom. The smallest absolute Gasteiger partial charge is 0.410 e. The van der Waals surface area contributed by atoms with E-state index in [-0.39, 0.29) is 6.09 Å². The molecule has 0 spiro atoms. The van der Waals surface area contributed by atoms with Crippen molar-refractivity contribution >= 4 is 17.1 Å². The summed E-state index contributed by atoms with van der Waals surface area (Å²) in [6.07, 6.45) is 6.38. The molecule has 2 fully saturated rings. The van der Waals surface area contributed by atoms with Crippen molar-refractivity contribution in [3.63, 3.8) is 0 Å². The highest BCUT2D eigenvalue weighted by Gasteiger charge is 2.26. The molecule has 9 heteroatoms. The van der Waals surface area contributed by atoms with E-state index in [1.54, 1.807) is 11.2 Å². The molecular weight excluding hydrogens is 490 g/mol. The average Bonchev–Trinajstić information content (AvgIpc) is 3.68. The van der Waals surface area contributed by atoms with Gasteiger partial charge in [0, 0.05) is 68.2 Å². The summed E-state index contributed by atoms with van der Waals surface area (Å²) in [6, 6.07) is 12.6. The summed E-state index contributed by atoms with van der Waals surface area (Å²) in [6.45, 7) is 9.49. The van der Waals surface area contributed by atoms with E-state index in [1.165, 1.54) is 18.4 Å². The van der Waals surface area contributed by atoms with Crippen LogP contribution >= 0.6 is 0 Å². The summed E-state index contributed by atoms with van der Waals surface area (Å²) in [4.78, 5) is 38.3. The van der Waals surface area contributed by atoms with Crippen LogP contribution < -0.4 is 0 Å². The largest absolute Gasteiger partial charge is 0.444 e. The van der Waals surface area contributed by atoms with Gasteiger partial charge < -0.3 is 14.6 Å². The van der Waals surface area contributed by atoms with Crippen molar-refractivity contribution in [1.29, 1.82) is 0 Å². The number of aromatic amines is 1. The van der Waals surface area contributed by atoms with Gasteiger partial charge in [-0.3, -0.25) is 9.88 Å².